The first-order valence-electron chi connectivity index (χ1n) is 4.26. The summed E-state index contributed by atoms with van der Waals surface area (Å²) in [5.41, 5.74) is 0.318. The van der Waals surface area contributed by atoms with Crippen molar-refractivity contribution < 1.29 is 22.5 Å². The second kappa shape index (κ2) is 5.42. The fourth-order valence-corrected chi connectivity index (χ4v) is 1.47. The van der Waals surface area contributed by atoms with Gasteiger partial charge in [0, 0.05) is 4.47 Å². The summed E-state index contributed by atoms with van der Waals surface area (Å²) < 4.78 is 34.6. The fourth-order valence-electron chi connectivity index (χ4n) is 0.909. The number of ether oxygens (including phenoxy) is 1. The van der Waals surface area contributed by atoms with Gasteiger partial charge >= 0.3 is 5.97 Å². The molecule has 0 unspecified atom stereocenters. The molecule has 0 aliphatic heterocycles. The van der Waals surface area contributed by atoms with Gasteiger partial charge in [-0.3, -0.25) is 4.55 Å². The molecule has 0 radical (unpaired) electrons. The van der Waals surface area contributed by atoms with E-state index in [9.17, 15) is 13.2 Å². The van der Waals surface area contributed by atoms with Gasteiger partial charge in [-0.2, -0.15) is 8.42 Å². The Labute approximate surface area is 101 Å². The summed E-state index contributed by atoms with van der Waals surface area (Å²) in [5.74, 6) is -1.23. The van der Waals surface area contributed by atoms with Crippen molar-refractivity contribution >= 4 is 32.0 Å². The van der Waals surface area contributed by atoms with E-state index in [2.05, 4.69) is 20.7 Å². The van der Waals surface area contributed by atoms with Crippen molar-refractivity contribution in [1.82, 2.24) is 0 Å². The number of halogens is 1. The molecule has 0 bridgehead atoms. The van der Waals surface area contributed by atoms with E-state index >= 15 is 0 Å². The molecule has 1 N–H and O–H groups in total. The van der Waals surface area contributed by atoms with Gasteiger partial charge in [-0.25, -0.2) is 4.79 Å². The van der Waals surface area contributed by atoms with Gasteiger partial charge < -0.3 is 4.74 Å². The Bertz CT molecular complexity index is 465. The van der Waals surface area contributed by atoms with E-state index in [0.29, 0.717) is 5.56 Å². The molecule has 0 heterocycles. The number of benzene rings is 1. The predicted molar refractivity (Wildman–Crippen MR) is 60.8 cm³/mol. The second-order valence-electron chi connectivity index (χ2n) is 2.93. The van der Waals surface area contributed by atoms with Crippen molar-refractivity contribution in [2.24, 2.45) is 0 Å². The van der Waals surface area contributed by atoms with Gasteiger partial charge in [0.05, 0.1) is 5.56 Å². The summed E-state index contributed by atoms with van der Waals surface area (Å²) in [5, 5.41) is 0. The highest BCUT2D eigenvalue weighted by molar-refractivity contribution is 9.10. The number of esters is 1. The highest BCUT2D eigenvalue weighted by atomic mass is 79.9. The first-order chi connectivity index (χ1) is 7.38. The van der Waals surface area contributed by atoms with E-state index in [0.717, 1.165) is 4.47 Å². The zero-order chi connectivity index (χ0) is 12.2. The van der Waals surface area contributed by atoms with Crippen LogP contribution >= 0.6 is 15.9 Å². The summed E-state index contributed by atoms with van der Waals surface area (Å²) in [6, 6.07) is 6.42. The van der Waals surface area contributed by atoms with E-state index in [1.165, 1.54) is 0 Å². The molecule has 0 aromatic heterocycles. The largest absolute Gasteiger partial charge is 0.461 e. The van der Waals surface area contributed by atoms with Crippen LogP contribution in [-0.2, 0) is 14.9 Å². The van der Waals surface area contributed by atoms with E-state index < -0.39 is 21.8 Å². The van der Waals surface area contributed by atoms with Gasteiger partial charge in [-0.15, -0.1) is 0 Å². The van der Waals surface area contributed by atoms with Crippen molar-refractivity contribution in [2.75, 3.05) is 12.4 Å². The van der Waals surface area contributed by atoms with Crippen molar-refractivity contribution in [2.45, 2.75) is 0 Å². The minimum atomic E-state index is -4.09. The van der Waals surface area contributed by atoms with Crippen LogP contribution in [0.3, 0.4) is 0 Å². The lowest BCUT2D eigenvalue weighted by atomic mass is 10.2. The average Bonchev–Trinajstić information content (AvgIpc) is 2.16. The Kier molecular flexibility index (Phi) is 4.45. The Hall–Kier alpha value is -0.920. The molecule has 0 aliphatic carbocycles. The molecular weight excluding hydrogens is 300 g/mol. The van der Waals surface area contributed by atoms with Gasteiger partial charge in [-0.05, 0) is 24.3 Å². The monoisotopic (exact) mass is 308 g/mol. The third-order valence-electron chi connectivity index (χ3n) is 1.65. The molecule has 1 aromatic rings. The molecule has 1 rings (SSSR count). The fraction of sp³-hybridized carbons (Fsp3) is 0.222. The first kappa shape index (κ1) is 13.1. The van der Waals surface area contributed by atoms with Crippen molar-refractivity contribution in [3.8, 4) is 0 Å². The summed E-state index contributed by atoms with van der Waals surface area (Å²) in [6.45, 7) is -0.367. The van der Waals surface area contributed by atoms with Crippen LogP contribution in [-0.4, -0.2) is 31.3 Å². The van der Waals surface area contributed by atoms with E-state index in [-0.39, 0.29) is 6.61 Å². The topological polar surface area (TPSA) is 80.7 Å². The van der Waals surface area contributed by atoms with Gasteiger partial charge in [-0.1, -0.05) is 15.9 Å². The van der Waals surface area contributed by atoms with Crippen LogP contribution in [0.25, 0.3) is 0 Å². The third-order valence-corrected chi connectivity index (χ3v) is 2.87. The third kappa shape index (κ3) is 4.73. The molecule has 0 saturated carbocycles. The average molecular weight is 309 g/mol. The Morgan fingerprint density at radius 2 is 1.88 bits per heavy atom. The van der Waals surface area contributed by atoms with Gasteiger partial charge in [0.15, 0.2) is 0 Å². The zero-order valence-electron chi connectivity index (χ0n) is 8.09. The zero-order valence-corrected chi connectivity index (χ0v) is 10.5. The number of hydrogen-bond acceptors (Lipinski definition) is 4. The van der Waals surface area contributed by atoms with E-state index in [1.54, 1.807) is 24.3 Å². The summed E-state index contributed by atoms with van der Waals surface area (Å²) >= 11 is 3.21. The minimum absolute atomic E-state index is 0.318. The maximum Gasteiger partial charge on any atom is 0.338 e. The van der Waals surface area contributed by atoms with Crippen molar-refractivity contribution in [3.05, 3.63) is 34.3 Å². The van der Waals surface area contributed by atoms with Gasteiger partial charge in [0.1, 0.15) is 12.4 Å². The molecule has 0 spiro atoms. The minimum Gasteiger partial charge on any atom is -0.461 e. The highest BCUT2D eigenvalue weighted by Gasteiger charge is 2.09. The van der Waals surface area contributed by atoms with Crippen LogP contribution in [0.5, 0.6) is 0 Å². The lowest BCUT2D eigenvalue weighted by Gasteiger charge is -2.03. The molecule has 88 valence electrons. The number of rotatable bonds is 4. The Morgan fingerprint density at radius 1 is 1.31 bits per heavy atom. The number of carbonyl (C=O) groups excluding carboxylic acids is 1. The molecule has 5 nitrogen and oxygen atoms in total. The standard InChI is InChI=1S/C9H9BrO5S/c10-8-3-1-7(2-4-8)9(11)15-5-6-16(12,13)14/h1-4H,5-6H2,(H,12,13,14). The van der Waals surface area contributed by atoms with Crippen LogP contribution in [0.15, 0.2) is 28.7 Å². The molecule has 16 heavy (non-hydrogen) atoms. The van der Waals surface area contributed by atoms with Crippen LogP contribution in [0, 0.1) is 0 Å². The molecule has 7 heteroatoms. The molecular formula is C9H9BrO5S. The normalized spacial score (nSPS) is 11.1. The molecule has 0 aliphatic rings. The smallest absolute Gasteiger partial charge is 0.338 e. The molecule has 1 aromatic carbocycles. The first-order valence-corrected chi connectivity index (χ1v) is 6.66. The van der Waals surface area contributed by atoms with Crippen molar-refractivity contribution in [1.29, 1.82) is 0 Å². The van der Waals surface area contributed by atoms with Crippen LogP contribution in [0.2, 0.25) is 0 Å². The van der Waals surface area contributed by atoms with Gasteiger partial charge in [0.25, 0.3) is 10.1 Å². The Balaban J connectivity index is 2.50. The maximum atomic E-state index is 11.3. The molecule has 0 fully saturated rings. The van der Waals surface area contributed by atoms with Crippen LogP contribution < -0.4 is 0 Å². The van der Waals surface area contributed by atoms with Crippen molar-refractivity contribution in [3.63, 3.8) is 0 Å². The Morgan fingerprint density at radius 3 is 2.38 bits per heavy atom. The van der Waals surface area contributed by atoms with E-state index in [4.69, 9.17) is 4.55 Å². The number of carbonyl (C=O) groups is 1. The summed E-state index contributed by atoms with van der Waals surface area (Å²) in [6.07, 6.45) is 0. The SMILES string of the molecule is O=C(OCCS(=O)(=O)O)c1ccc(Br)cc1. The number of hydrogen-bond donors (Lipinski definition) is 1. The van der Waals surface area contributed by atoms with Crippen LogP contribution in [0.4, 0.5) is 0 Å². The second-order valence-corrected chi connectivity index (χ2v) is 5.42. The molecule has 0 amide bonds. The molecule has 0 saturated heterocycles. The lowest BCUT2D eigenvalue weighted by Crippen LogP contribution is -2.14. The summed E-state index contributed by atoms with van der Waals surface area (Å²) in [4.78, 5) is 11.3. The predicted octanol–water partition coefficient (Wildman–Crippen LogP) is 1.49. The quantitative estimate of drug-likeness (QED) is 0.673. The summed E-state index contributed by atoms with van der Waals surface area (Å²) in [7, 11) is -4.09. The van der Waals surface area contributed by atoms with E-state index in [1.807, 2.05) is 0 Å². The lowest BCUT2D eigenvalue weighted by molar-refractivity contribution is 0.0528. The maximum absolute atomic E-state index is 11.3. The van der Waals surface area contributed by atoms with Gasteiger partial charge in [0.2, 0.25) is 0 Å². The van der Waals surface area contributed by atoms with Crippen LogP contribution in [0.1, 0.15) is 10.4 Å². The highest BCUT2D eigenvalue weighted by Crippen LogP contribution is 2.11. The molecule has 0 atom stereocenters.